The Hall–Kier alpha value is -2.83. The average Bonchev–Trinajstić information content (AvgIpc) is 2.70. The number of hydrogen-bond acceptors (Lipinski definition) is 3. The van der Waals surface area contributed by atoms with Crippen molar-refractivity contribution in [3.05, 3.63) is 77.4 Å². The molecular weight excluding hydrogens is 358 g/mol. The monoisotopic (exact) mass is 387 g/mol. The Morgan fingerprint density at radius 3 is 2.55 bits per heavy atom. The number of aryl methyl sites for hydroxylation is 1. The van der Waals surface area contributed by atoms with Gasteiger partial charge in [0.2, 0.25) is 0 Å². The molecule has 29 heavy (non-hydrogen) atoms. The van der Waals surface area contributed by atoms with Crippen LogP contribution in [0.1, 0.15) is 43.4 Å². The smallest absolute Gasteiger partial charge is 0.137 e. The van der Waals surface area contributed by atoms with Crippen molar-refractivity contribution in [2.24, 2.45) is 5.41 Å². The van der Waals surface area contributed by atoms with E-state index < -0.39 is 6.10 Å². The van der Waals surface area contributed by atoms with Crippen molar-refractivity contribution >= 4 is 10.8 Å². The molecule has 0 saturated heterocycles. The molecule has 3 aromatic carbocycles. The van der Waals surface area contributed by atoms with Gasteiger partial charge in [-0.15, -0.1) is 0 Å². The Morgan fingerprint density at radius 2 is 1.79 bits per heavy atom. The molecule has 3 aromatic rings. The molecule has 0 radical (unpaired) electrons. The summed E-state index contributed by atoms with van der Waals surface area (Å²) < 4.78 is 5.73. The van der Waals surface area contributed by atoms with Gasteiger partial charge in [-0.25, -0.2) is 0 Å². The molecule has 3 rings (SSSR count). The van der Waals surface area contributed by atoms with E-state index in [4.69, 9.17) is 4.74 Å². The predicted molar refractivity (Wildman–Crippen MR) is 118 cm³/mol. The van der Waals surface area contributed by atoms with Gasteiger partial charge in [0.05, 0.1) is 11.7 Å². The lowest BCUT2D eigenvalue weighted by atomic mass is 9.80. The summed E-state index contributed by atoms with van der Waals surface area (Å²) in [5, 5.41) is 22.2. The molecule has 3 heteroatoms. The molecule has 0 bridgehead atoms. The highest BCUT2D eigenvalue weighted by molar-refractivity contribution is 5.83. The lowest BCUT2D eigenvalue weighted by molar-refractivity contribution is 0.0869. The number of nitriles is 1. The van der Waals surface area contributed by atoms with E-state index in [1.165, 1.54) is 16.3 Å². The Kier molecular flexibility index (Phi) is 6.56. The zero-order valence-electron chi connectivity index (χ0n) is 17.5. The molecule has 1 N–H and O–H groups in total. The molecule has 150 valence electrons. The standard InChI is InChI=1S/C26H29NO2/c1-19-7-6-10-25(24(19)17-27)29-18-23(28)13-14-26(2,3)16-20-11-12-21-8-4-5-9-22(21)15-20/h4-12,15,23,28H,13-14,16,18H2,1-3H3/t23-/m1/s1. The van der Waals surface area contributed by atoms with Crippen LogP contribution in [0.25, 0.3) is 10.8 Å². The zero-order valence-corrected chi connectivity index (χ0v) is 17.5. The lowest BCUT2D eigenvalue weighted by Crippen LogP contribution is -2.23. The third-order valence-electron chi connectivity index (χ3n) is 5.43. The summed E-state index contributed by atoms with van der Waals surface area (Å²) >= 11 is 0. The second kappa shape index (κ2) is 9.11. The first-order valence-electron chi connectivity index (χ1n) is 10.2. The minimum absolute atomic E-state index is 0.0740. The quantitative estimate of drug-likeness (QED) is 0.531. The minimum atomic E-state index is -0.557. The van der Waals surface area contributed by atoms with Gasteiger partial charge in [-0.3, -0.25) is 0 Å². The van der Waals surface area contributed by atoms with Gasteiger partial charge in [0.1, 0.15) is 18.4 Å². The number of aliphatic hydroxyl groups is 1. The lowest BCUT2D eigenvalue weighted by Gasteiger charge is -2.26. The summed E-state index contributed by atoms with van der Waals surface area (Å²) in [6.07, 6.45) is 1.96. The van der Waals surface area contributed by atoms with Crippen molar-refractivity contribution in [3.63, 3.8) is 0 Å². The molecule has 0 aliphatic carbocycles. The van der Waals surface area contributed by atoms with E-state index in [1.807, 2.05) is 19.1 Å². The molecule has 0 aliphatic heterocycles. The van der Waals surface area contributed by atoms with Gasteiger partial charge >= 0.3 is 0 Å². The van der Waals surface area contributed by atoms with Crippen molar-refractivity contribution in [1.82, 2.24) is 0 Å². The fourth-order valence-electron chi connectivity index (χ4n) is 3.72. The van der Waals surface area contributed by atoms with E-state index in [0.29, 0.717) is 17.7 Å². The highest BCUT2D eigenvalue weighted by Gasteiger charge is 2.21. The Bertz CT molecular complexity index is 1020. The summed E-state index contributed by atoms with van der Waals surface area (Å²) in [5.41, 5.74) is 2.81. The van der Waals surface area contributed by atoms with Gasteiger partial charge < -0.3 is 9.84 Å². The summed E-state index contributed by atoms with van der Waals surface area (Å²) in [5.74, 6) is 0.543. The molecule has 1 atom stereocenters. The summed E-state index contributed by atoms with van der Waals surface area (Å²) in [6, 6.07) is 22.8. The van der Waals surface area contributed by atoms with E-state index in [9.17, 15) is 10.4 Å². The first-order chi connectivity index (χ1) is 13.9. The first kappa shape index (κ1) is 20.9. The fraction of sp³-hybridized carbons (Fsp3) is 0.346. The van der Waals surface area contributed by atoms with Crippen LogP contribution < -0.4 is 4.74 Å². The van der Waals surface area contributed by atoms with Crippen molar-refractivity contribution in [1.29, 1.82) is 5.26 Å². The van der Waals surface area contributed by atoms with Crippen LogP contribution in [0.3, 0.4) is 0 Å². The number of aliphatic hydroxyl groups excluding tert-OH is 1. The SMILES string of the molecule is Cc1cccc(OC[C@H](O)CCC(C)(C)Cc2ccc3ccccc3c2)c1C#N. The number of nitrogens with zero attached hydrogens (tertiary/aromatic N) is 1. The van der Waals surface area contributed by atoms with E-state index in [1.54, 1.807) is 6.07 Å². The van der Waals surface area contributed by atoms with Crippen LogP contribution in [0.2, 0.25) is 0 Å². The molecule has 0 spiro atoms. The molecule has 0 amide bonds. The van der Waals surface area contributed by atoms with Gasteiger partial charge in [-0.2, -0.15) is 5.26 Å². The summed E-state index contributed by atoms with van der Waals surface area (Å²) in [4.78, 5) is 0. The second-order valence-corrected chi connectivity index (χ2v) is 8.59. The Labute approximate surface area is 173 Å². The van der Waals surface area contributed by atoms with Crippen LogP contribution in [-0.4, -0.2) is 17.8 Å². The topological polar surface area (TPSA) is 53.2 Å². The largest absolute Gasteiger partial charge is 0.489 e. The van der Waals surface area contributed by atoms with Crippen LogP contribution in [0, 0.1) is 23.7 Å². The van der Waals surface area contributed by atoms with E-state index in [-0.39, 0.29) is 12.0 Å². The second-order valence-electron chi connectivity index (χ2n) is 8.59. The van der Waals surface area contributed by atoms with E-state index in [0.717, 1.165) is 18.4 Å². The number of hydrogen-bond donors (Lipinski definition) is 1. The number of rotatable bonds is 8. The predicted octanol–water partition coefficient (Wildman–Crippen LogP) is 5.81. The first-order valence-corrected chi connectivity index (χ1v) is 10.2. The number of benzene rings is 3. The van der Waals surface area contributed by atoms with Crippen LogP contribution in [0.4, 0.5) is 0 Å². The van der Waals surface area contributed by atoms with E-state index >= 15 is 0 Å². The molecular formula is C26H29NO2. The Balaban J connectivity index is 1.54. The van der Waals surface area contributed by atoms with Gasteiger partial charge in [-0.05, 0) is 59.6 Å². The highest BCUT2D eigenvalue weighted by atomic mass is 16.5. The minimum Gasteiger partial charge on any atom is -0.489 e. The van der Waals surface area contributed by atoms with Crippen LogP contribution in [0.5, 0.6) is 5.75 Å². The van der Waals surface area contributed by atoms with Crippen molar-refractivity contribution < 1.29 is 9.84 Å². The van der Waals surface area contributed by atoms with Gasteiger partial charge in [-0.1, -0.05) is 68.4 Å². The molecule has 0 aliphatic rings. The highest BCUT2D eigenvalue weighted by Crippen LogP contribution is 2.30. The maximum Gasteiger partial charge on any atom is 0.137 e. The molecule has 3 nitrogen and oxygen atoms in total. The number of fused-ring (bicyclic) bond motifs is 1. The Morgan fingerprint density at radius 1 is 1.03 bits per heavy atom. The summed E-state index contributed by atoms with van der Waals surface area (Å²) in [7, 11) is 0. The third-order valence-corrected chi connectivity index (χ3v) is 5.43. The fourth-order valence-corrected chi connectivity index (χ4v) is 3.72. The van der Waals surface area contributed by atoms with E-state index in [2.05, 4.69) is 62.4 Å². The van der Waals surface area contributed by atoms with Crippen LogP contribution in [-0.2, 0) is 6.42 Å². The third kappa shape index (κ3) is 5.59. The van der Waals surface area contributed by atoms with Crippen molar-refractivity contribution in [3.8, 4) is 11.8 Å². The average molecular weight is 388 g/mol. The van der Waals surface area contributed by atoms with Crippen molar-refractivity contribution in [2.45, 2.75) is 46.1 Å². The van der Waals surface area contributed by atoms with Crippen molar-refractivity contribution in [2.75, 3.05) is 6.61 Å². The normalized spacial score (nSPS) is 12.5. The molecule has 0 saturated carbocycles. The van der Waals surface area contributed by atoms with Crippen LogP contribution in [0.15, 0.2) is 60.7 Å². The maximum atomic E-state index is 10.4. The molecule has 0 fully saturated rings. The molecule has 0 unspecified atom stereocenters. The van der Waals surface area contributed by atoms with Gasteiger partial charge in [0, 0.05) is 0 Å². The van der Waals surface area contributed by atoms with Gasteiger partial charge in [0.25, 0.3) is 0 Å². The van der Waals surface area contributed by atoms with Gasteiger partial charge in [0.15, 0.2) is 0 Å². The molecule has 0 aromatic heterocycles. The number of ether oxygens (including phenoxy) is 1. The van der Waals surface area contributed by atoms with Crippen LogP contribution >= 0.6 is 0 Å². The molecule has 0 heterocycles. The maximum absolute atomic E-state index is 10.4. The summed E-state index contributed by atoms with van der Waals surface area (Å²) in [6.45, 7) is 6.57. The zero-order chi connectivity index (χ0) is 20.9.